The Morgan fingerprint density at radius 1 is 1.14 bits per heavy atom. The third kappa shape index (κ3) is 5.21. The van der Waals surface area contributed by atoms with Gasteiger partial charge in [-0.05, 0) is 31.9 Å². The molecular weight excluding hydrogens is 278 g/mol. The van der Waals surface area contributed by atoms with Crippen molar-refractivity contribution in [2.24, 2.45) is 0 Å². The molecule has 0 unspecified atom stereocenters. The molecule has 0 amide bonds. The first-order valence-electron chi connectivity index (χ1n) is 6.59. The third-order valence-electron chi connectivity index (χ3n) is 2.62. The SMILES string of the molecule is CCOC(=O)CCc1cc(C(=O)OCC)cc([N+](=O)[O-])c1. The van der Waals surface area contributed by atoms with Crippen molar-refractivity contribution in [2.45, 2.75) is 26.7 Å². The zero-order valence-electron chi connectivity index (χ0n) is 12.0. The maximum absolute atomic E-state index is 11.7. The average molecular weight is 295 g/mol. The minimum absolute atomic E-state index is 0.0945. The van der Waals surface area contributed by atoms with Crippen LogP contribution in [0.1, 0.15) is 36.2 Å². The first-order valence-corrected chi connectivity index (χ1v) is 6.59. The van der Waals surface area contributed by atoms with E-state index >= 15 is 0 Å². The van der Waals surface area contributed by atoms with Crippen molar-refractivity contribution in [3.63, 3.8) is 0 Å². The average Bonchev–Trinajstić information content (AvgIpc) is 2.45. The molecule has 0 aliphatic carbocycles. The van der Waals surface area contributed by atoms with E-state index in [1.165, 1.54) is 12.1 Å². The van der Waals surface area contributed by atoms with E-state index in [0.29, 0.717) is 5.56 Å². The van der Waals surface area contributed by atoms with Crippen LogP contribution in [-0.4, -0.2) is 30.1 Å². The summed E-state index contributed by atoms with van der Waals surface area (Å²) >= 11 is 0. The first-order chi connectivity index (χ1) is 9.97. The highest BCUT2D eigenvalue weighted by Crippen LogP contribution is 2.19. The molecule has 1 aromatic rings. The van der Waals surface area contributed by atoms with Crippen molar-refractivity contribution >= 4 is 17.6 Å². The Morgan fingerprint density at radius 2 is 1.81 bits per heavy atom. The molecule has 1 rings (SSSR count). The number of nitro groups is 1. The molecule has 0 bridgehead atoms. The molecule has 0 aromatic heterocycles. The van der Waals surface area contributed by atoms with Crippen molar-refractivity contribution in [2.75, 3.05) is 13.2 Å². The van der Waals surface area contributed by atoms with Crippen molar-refractivity contribution in [3.8, 4) is 0 Å². The number of non-ortho nitro benzene ring substituents is 1. The van der Waals surface area contributed by atoms with Crippen molar-refractivity contribution in [1.29, 1.82) is 0 Å². The predicted octanol–water partition coefficient (Wildman–Crippen LogP) is 2.27. The summed E-state index contributed by atoms with van der Waals surface area (Å²) < 4.78 is 9.62. The van der Waals surface area contributed by atoms with Crippen molar-refractivity contribution in [3.05, 3.63) is 39.4 Å². The zero-order valence-corrected chi connectivity index (χ0v) is 12.0. The van der Waals surface area contributed by atoms with Crippen molar-refractivity contribution in [1.82, 2.24) is 0 Å². The van der Waals surface area contributed by atoms with E-state index in [4.69, 9.17) is 9.47 Å². The van der Waals surface area contributed by atoms with Gasteiger partial charge >= 0.3 is 11.9 Å². The fourth-order valence-corrected chi connectivity index (χ4v) is 1.74. The Balaban J connectivity index is 2.94. The summed E-state index contributed by atoms with van der Waals surface area (Å²) in [5.74, 6) is -1.01. The van der Waals surface area contributed by atoms with E-state index in [2.05, 4.69) is 0 Å². The molecule has 0 aliphatic rings. The zero-order chi connectivity index (χ0) is 15.8. The molecule has 1 aromatic carbocycles. The summed E-state index contributed by atoms with van der Waals surface area (Å²) in [6.45, 7) is 3.81. The topological polar surface area (TPSA) is 95.7 Å². The van der Waals surface area contributed by atoms with Gasteiger partial charge < -0.3 is 9.47 Å². The van der Waals surface area contributed by atoms with Crippen LogP contribution < -0.4 is 0 Å². The maximum atomic E-state index is 11.7. The Kier molecular flexibility index (Phi) is 6.32. The van der Waals surface area contributed by atoms with Crippen LogP contribution in [0.5, 0.6) is 0 Å². The van der Waals surface area contributed by atoms with Gasteiger partial charge in [0.05, 0.1) is 23.7 Å². The molecule has 0 heterocycles. The first kappa shape index (κ1) is 16.6. The Morgan fingerprint density at radius 3 is 2.38 bits per heavy atom. The summed E-state index contributed by atoms with van der Waals surface area (Å²) in [5.41, 5.74) is 0.407. The summed E-state index contributed by atoms with van der Waals surface area (Å²) in [6, 6.07) is 3.98. The van der Waals surface area contributed by atoms with Crippen LogP contribution in [0.4, 0.5) is 5.69 Å². The van der Waals surface area contributed by atoms with Crippen LogP contribution in [0.25, 0.3) is 0 Å². The van der Waals surface area contributed by atoms with E-state index in [-0.39, 0.29) is 43.3 Å². The number of ether oxygens (including phenoxy) is 2. The minimum atomic E-state index is -0.626. The van der Waals surface area contributed by atoms with Gasteiger partial charge in [-0.25, -0.2) is 4.79 Å². The van der Waals surface area contributed by atoms with Gasteiger partial charge in [0.15, 0.2) is 0 Å². The number of nitro benzene ring substituents is 1. The molecule has 0 fully saturated rings. The van der Waals surface area contributed by atoms with E-state index < -0.39 is 10.9 Å². The van der Waals surface area contributed by atoms with Gasteiger partial charge in [0, 0.05) is 18.6 Å². The number of carbonyl (C=O) groups excluding carboxylic acids is 2. The summed E-state index contributed by atoms with van der Waals surface area (Å²) in [5, 5.41) is 10.9. The minimum Gasteiger partial charge on any atom is -0.466 e. The van der Waals surface area contributed by atoms with Gasteiger partial charge in [0.1, 0.15) is 0 Å². The summed E-state index contributed by atoms with van der Waals surface area (Å²) in [6.07, 6.45) is 0.351. The van der Waals surface area contributed by atoms with Crippen LogP contribution in [0.3, 0.4) is 0 Å². The summed E-state index contributed by atoms with van der Waals surface area (Å²) in [4.78, 5) is 33.3. The normalized spacial score (nSPS) is 10.0. The van der Waals surface area contributed by atoms with Crippen LogP contribution in [-0.2, 0) is 20.7 Å². The third-order valence-corrected chi connectivity index (χ3v) is 2.62. The van der Waals surface area contributed by atoms with Crippen LogP contribution in [0, 0.1) is 10.1 Å². The van der Waals surface area contributed by atoms with Crippen LogP contribution in [0.15, 0.2) is 18.2 Å². The van der Waals surface area contributed by atoms with Gasteiger partial charge in [-0.3, -0.25) is 14.9 Å². The smallest absolute Gasteiger partial charge is 0.338 e. The van der Waals surface area contributed by atoms with Gasteiger partial charge in [-0.2, -0.15) is 0 Å². The number of benzene rings is 1. The van der Waals surface area contributed by atoms with Gasteiger partial charge in [-0.1, -0.05) is 0 Å². The van der Waals surface area contributed by atoms with E-state index in [1.807, 2.05) is 0 Å². The molecule has 0 atom stereocenters. The lowest BCUT2D eigenvalue weighted by Gasteiger charge is -2.06. The number of hydrogen-bond acceptors (Lipinski definition) is 6. The quantitative estimate of drug-likeness (QED) is 0.435. The highest BCUT2D eigenvalue weighted by Gasteiger charge is 2.16. The molecule has 0 N–H and O–H groups in total. The molecule has 0 spiro atoms. The predicted molar refractivity (Wildman–Crippen MR) is 74.0 cm³/mol. The van der Waals surface area contributed by atoms with Gasteiger partial charge in [0.25, 0.3) is 5.69 Å². The van der Waals surface area contributed by atoms with Crippen LogP contribution >= 0.6 is 0 Å². The Labute approximate surface area is 122 Å². The standard InChI is InChI=1S/C14H17NO6/c1-3-20-13(16)6-5-10-7-11(14(17)21-4-2)9-12(8-10)15(18)19/h7-9H,3-6H2,1-2H3. The lowest BCUT2D eigenvalue weighted by molar-refractivity contribution is -0.385. The summed E-state index contributed by atoms with van der Waals surface area (Å²) in [7, 11) is 0. The fourth-order valence-electron chi connectivity index (χ4n) is 1.74. The maximum Gasteiger partial charge on any atom is 0.338 e. The van der Waals surface area contributed by atoms with E-state index in [1.54, 1.807) is 13.8 Å². The number of nitrogens with zero attached hydrogens (tertiary/aromatic N) is 1. The monoisotopic (exact) mass is 295 g/mol. The molecule has 7 heteroatoms. The van der Waals surface area contributed by atoms with E-state index in [0.717, 1.165) is 6.07 Å². The highest BCUT2D eigenvalue weighted by atomic mass is 16.6. The molecule has 114 valence electrons. The largest absolute Gasteiger partial charge is 0.466 e. The second kappa shape index (κ2) is 7.98. The van der Waals surface area contributed by atoms with Crippen LogP contribution in [0.2, 0.25) is 0 Å². The molecule has 7 nitrogen and oxygen atoms in total. The lowest BCUT2D eigenvalue weighted by Crippen LogP contribution is -2.08. The number of rotatable bonds is 7. The number of aryl methyl sites for hydroxylation is 1. The molecule has 0 aliphatic heterocycles. The second-order valence-electron chi connectivity index (χ2n) is 4.17. The number of carbonyl (C=O) groups is 2. The van der Waals surface area contributed by atoms with Crippen molar-refractivity contribution < 1.29 is 24.0 Å². The molecular formula is C14H17NO6. The van der Waals surface area contributed by atoms with Gasteiger partial charge in [-0.15, -0.1) is 0 Å². The fraction of sp³-hybridized carbons (Fsp3) is 0.429. The highest BCUT2D eigenvalue weighted by molar-refractivity contribution is 5.90. The molecule has 0 radical (unpaired) electrons. The molecule has 21 heavy (non-hydrogen) atoms. The number of esters is 2. The Bertz CT molecular complexity index is 540. The van der Waals surface area contributed by atoms with Gasteiger partial charge in [0.2, 0.25) is 0 Å². The molecule has 0 saturated carbocycles. The number of hydrogen-bond donors (Lipinski definition) is 0. The Hall–Kier alpha value is -2.44. The lowest BCUT2D eigenvalue weighted by atomic mass is 10.1. The second-order valence-corrected chi connectivity index (χ2v) is 4.17. The van der Waals surface area contributed by atoms with E-state index in [9.17, 15) is 19.7 Å². The molecule has 0 saturated heterocycles.